The summed E-state index contributed by atoms with van der Waals surface area (Å²) in [6.45, 7) is 4.95. The minimum absolute atomic E-state index is 0.0125. The Morgan fingerprint density at radius 3 is 2.73 bits per heavy atom. The Kier molecular flexibility index (Phi) is 4.27. The molecule has 2 atom stereocenters. The predicted molar refractivity (Wildman–Crippen MR) is 84.9 cm³/mol. The highest BCUT2D eigenvalue weighted by Crippen LogP contribution is 2.31. The molecule has 0 spiro atoms. The molecule has 4 heteroatoms. The van der Waals surface area contributed by atoms with Crippen molar-refractivity contribution < 1.29 is 9.59 Å². The summed E-state index contributed by atoms with van der Waals surface area (Å²) in [5.74, 6) is 0.200. The second-order valence-corrected chi connectivity index (χ2v) is 6.06. The van der Waals surface area contributed by atoms with Crippen molar-refractivity contribution in [2.24, 2.45) is 0 Å². The molecule has 0 saturated carbocycles. The van der Waals surface area contributed by atoms with Crippen molar-refractivity contribution in [1.29, 1.82) is 0 Å². The van der Waals surface area contributed by atoms with E-state index in [1.54, 1.807) is 0 Å². The molecule has 22 heavy (non-hydrogen) atoms. The van der Waals surface area contributed by atoms with Crippen molar-refractivity contribution in [3.63, 3.8) is 0 Å². The number of carbonyl (C=O) groups is 2. The Bertz CT molecular complexity index is 570. The third kappa shape index (κ3) is 2.78. The molecule has 2 aliphatic heterocycles. The van der Waals surface area contributed by atoms with Gasteiger partial charge in [-0.15, -0.1) is 0 Å². The van der Waals surface area contributed by atoms with Gasteiger partial charge >= 0.3 is 0 Å². The molecule has 3 rings (SSSR count). The zero-order valence-electron chi connectivity index (χ0n) is 12.8. The number of benzene rings is 1. The Morgan fingerprint density at radius 2 is 2.00 bits per heavy atom. The maximum absolute atomic E-state index is 12.5. The second-order valence-electron chi connectivity index (χ2n) is 6.06. The van der Waals surface area contributed by atoms with Crippen LogP contribution < -0.4 is 0 Å². The maximum atomic E-state index is 12.5. The van der Waals surface area contributed by atoms with Crippen LogP contribution in [0.1, 0.15) is 31.2 Å². The highest BCUT2D eigenvalue weighted by molar-refractivity contribution is 5.88. The fourth-order valence-corrected chi connectivity index (χ4v) is 3.72. The summed E-state index contributed by atoms with van der Waals surface area (Å²) in [6, 6.07) is 10.4. The van der Waals surface area contributed by atoms with Gasteiger partial charge in [0.2, 0.25) is 11.8 Å². The first-order chi connectivity index (χ1) is 10.7. The lowest BCUT2D eigenvalue weighted by molar-refractivity contribution is -0.135. The molecule has 0 radical (unpaired) electrons. The summed E-state index contributed by atoms with van der Waals surface area (Å²) >= 11 is 0. The van der Waals surface area contributed by atoms with E-state index in [-0.39, 0.29) is 23.9 Å². The molecule has 2 fully saturated rings. The van der Waals surface area contributed by atoms with Crippen LogP contribution >= 0.6 is 0 Å². The van der Waals surface area contributed by atoms with Crippen molar-refractivity contribution in [2.75, 3.05) is 6.54 Å². The van der Waals surface area contributed by atoms with Crippen molar-refractivity contribution in [3.05, 3.63) is 48.6 Å². The first-order valence-corrected chi connectivity index (χ1v) is 7.97. The molecule has 116 valence electrons. The van der Waals surface area contributed by atoms with E-state index in [1.165, 1.54) is 6.08 Å². The van der Waals surface area contributed by atoms with E-state index in [0.717, 1.165) is 31.4 Å². The Balaban J connectivity index is 1.83. The van der Waals surface area contributed by atoms with Crippen LogP contribution in [0.3, 0.4) is 0 Å². The molecule has 0 bridgehead atoms. The van der Waals surface area contributed by atoms with Gasteiger partial charge < -0.3 is 9.80 Å². The topological polar surface area (TPSA) is 40.6 Å². The van der Waals surface area contributed by atoms with Gasteiger partial charge in [0.25, 0.3) is 0 Å². The molecule has 2 amide bonds. The van der Waals surface area contributed by atoms with Gasteiger partial charge in [-0.05, 0) is 30.9 Å². The second kappa shape index (κ2) is 6.34. The van der Waals surface area contributed by atoms with Gasteiger partial charge in [-0.1, -0.05) is 36.9 Å². The Morgan fingerprint density at radius 1 is 1.23 bits per heavy atom. The number of fused-ring (bicyclic) bond motifs is 1. The number of hydrogen-bond donors (Lipinski definition) is 0. The number of hydrogen-bond acceptors (Lipinski definition) is 2. The molecular formula is C18H22N2O2. The average molecular weight is 298 g/mol. The summed E-state index contributed by atoms with van der Waals surface area (Å²) in [7, 11) is 0. The van der Waals surface area contributed by atoms with Crippen molar-refractivity contribution >= 4 is 11.8 Å². The summed E-state index contributed by atoms with van der Waals surface area (Å²) in [6.07, 6.45) is 4.59. The van der Waals surface area contributed by atoms with Gasteiger partial charge in [0.05, 0.1) is 12.1 Å². The number of carbonyl (C=O) groups excluding carboxylic acids is 2. The van der Waals surface area contributed by atoms with E-state index in [9.17, 15) is 9.59 Å². The molecule has 1 aromatic rings. The van der Waals surface area contributed by atoms with Crippen LogP contribution in [0.2, 0.25) is 0 Å². The van der Waals surface area contributed by atoms with Gasteiger partial charge in [-0.2, -0.15) is 0 Å². The molecule has 2 heterocycles. The van der Waals surface area contributed by atoms with Crippen molar-refractivity contribution in [1.82, 2.24) is 9.80 Å². The summed E-state index contributed by atoms with van der Waals surface area (Å²) < 4.78 is 0. The Labute approximate surface area is 131 Å². The zero-order chi connectivity index (χ0) is 15.5. The largest absolute Gasteiger partial charge is 0.334 e. The van der Waals surface area contributed by atoms with Crippen LogP contribution in [-0.4, -0.2) is 40.2 Å². The van der Waals surface area contributed by atoms with Crippen molar-refractivity contribution in [3.8, 4) is 0 Å². The summed E-state index contributed by atoms with van der Waals surface area (Å²) in [5.41, 5.74) is 1.14. The van der Waals surface area contributed by atoms with Crippen LogP contribution in [0, 0.1) is 0 Å². The normalized spacial score (nSPS) is 24.8. The lowest BCUT2D eigenvalue weighted by Crippen LogP contribution is -2.46. The van der Waals surface area contributed by atoms with E-state index < -0.39 is 0 Å². The smallest absolute Gasteiger partial charge is 0.246 e. The predicted octanol–water partition coefficient (Wildman–Crippen LogP) is 2.35. The van der Waals surface area contributed by atoms with Gasteiger partial charge in [-0.25, -0.2) is 0 Å². The highest BCUT2D eigenvalue weighted by Gasteiger charge is 2.42. The molecule has 0 unspecified atom stereocenters. The van der Waals surface area contributed by atoms with Crippen LogP contribution in [0.25, 0.3) is 0 Å². The number of rotatable bonds is 3. The van der Waals surface area contributed by atoms with E-state index in [4.69, 9.17) is 0 Å². The first kappa shape index (κ1) is 14.8. The van der Waals surface area contributed by atoms with Crippen LogP contribution in [0.5, 0.6) is 0 Å². The fraction of sp³-hybridized carbons (Fsp3) is 0.444. The molecule has 1 aromatic carbocycles. The maximum Gasteiger partial charge on any atom is 0.246 e. The summed E-state index contributed by atoms with van der Waals surface area (Å²) in [4.78, 5) is 28.4. The third-order valence-electron chi connectivity index (χ3n) is 4.77. The van der Waals surface area contributed by atoms with Crippen LogP contribution in [0.4, 0.5) is 0 Å². The quantitative estimate of drug-likeness (QED) is 0.804. The van der Waals surface area contributed by atoms with Gasteiger partial charge in [0.1, 0.15) is 0 Å². The highest BCUT2D eigenvalue weighted by atomic mass is 16.2. The van der Waals surface area contributed by atoms with Gasteiger partial charge in [-0.3, -0.25) is 9.59 Å². The third-order valence-corrected chi connectivity index (χ3v) is 4.77. The molecule has 2 saturated heterocycles. The van der Waals surface area contributed by atoms with E-state index >= 15 is 0 Å². The van der Waals surface area contributed by atoms with E-state index in [1.807, 2.05) is 28.0 Å². The molecule has 2 aliphatic rings. The number of likely N-dealkylation sites (tertiary alicyclic amines) is 2. The number of amides is 2. The molecular weight excluding hydrogens is 276 g/mol. The van der Waals surface area contributed by atoms with Crippen LogP contribution in [-0.2, 0) is 16.1 Å². The summed E-state index contributed by atoms with van der Waals surface area (Å²) in [5, 5.41) is 0. The number of nitrogens with zero attached hydrogens (tertiary/aromatic N) is 2. The standard InChI is InChI=1S/C18H22N2O2/c1-2-17(21)19-12-11-16-15(19)9-6-10-18(22)20(16)13-14-7-4-3-5-8-14/h2-5,7-8,15-16H,1,6,9-13H2/t15-,16-/m0/s1. The fourth-order valence-electron chi connectivity index (χ4n) is 3.72. The van der Waals surface area contributed by atoms with E-state index in [0.29, 0.717) is 13.0 Å². The monoisotopic (exact) mass is 298 g/mol. The van der Waals surface area contributed by atoms with Crippen LogP contribution in [0.15, 0.2) is 43.0 Å². The molecule has 0 aliphatic carbocycles. The minimum Gasteiger partial charge on any atom is -0.334 e. The Hall–Kier alpha value is -2.10. The van der Waals surface area contributed by atoms with Gasteiger partial charge in [0.15, 0.2) is 0 Å². The average Bonchev–Trinajstić information content (AvgIpc) is 2.90. The zero-order valence-corrected chi connectivity index (χ0v) is 12.8. The lowest BCUT2D eigenvalue weighted by Gasteiger charge is -2.33. The first-order valence-electron chi connectivity index (χ1n) is 7.97. The molecule has 4 nitrogen and oxygen atoms in total. The SMILES string of the molecule is C=CC(=O)N1CC[C@H]2[C@@H]1CCCC(=O)N2Cc1ccccc1. The molecule has 0 aromatic heterocycles. The molecule has 0 N–H and O–H groups in total. The van der Waals surface area contributed by atoms with E-state index in [2.05, 4.69) is 18.7 Å². The lowest BCUT2D eigenvalue weighted by atomic mass is 10.0. The van der Waals surface area contributed by atoms with Crippen molar-refractivity contribution in [2.45, 2.75) is 44.3 Å². The minimum atomic E-state index is -0.0125. The van der Waals surface area contributed by atoms with Gasteiger partial charge in [0, 0.05) is 19.5 Å².